The van der Waals surface area contributed by atoms with Gasteiger partial charge in [0, 0.05) is 44.8 Å². The zero-order valence-electron chi connectivity index (χ0n) is 15.9. The Morgan fingerprint density at radius 1 is 1.26 bits per heavy atom. The second-order valence-corrected chi connectivity index (χ2v) is 6.89. The highest BCUT2D eigenvalue weighted by Gasteiger charge is 2.21. The zero-order chi connectivity index (χ0) is 19.1. The van der Waals surface area contributed by atoms with Crippen molar-refractivity contribution in [3.05, 3.63) is 23.8 Å². The third-order valence-corrected chi connectivity index (χ3v) is 4.78. The van der Waals surface area contributed by atoms with Gasteiger partial charge in [-0.25, -0.2) is 0 Å². The van der Waals surface area contributed by atoms with Crippen molar-refractivity contribution in [1.29, 1.82) is 0 Å². The summed E-state index contributed by atoms with van der Waals surface area (Å²) in [5, 5.41) is 13.2. The van der Waals surface area contributed by atoms with Crippen molar-refractivity contribution in [3.8, 4) is 11.5 Å². The molecule has 1 amide bonds. The number of ether oxygens (including phenoxy) is 3. The minimum absolute atomic E-state index is 0.0348. The molecule has 0 saturated carbocycles. The predicted octanol–water partition coefficient (Wildman–Crippen LogP) is -0.301. The van der Waals surface area contributed by atoms with Gasteiger partial charge in [-0.2, -0.15) is 0 Å². The number of hydrogen-bond acceptors (Lipinski definition) is 7. The van der Waals surface area contributed by atoms with Gasteiger partial charge in [0.1, 0.15) is 12.7 Å². The number of piperazine rings is 1. The highest BCUT2D eigenvalue weighted by Crippen LogP contribution is 2.32. The molecule has 0 spiro atoms. The number of para-hydroxylation sites is 1. The fraction of sp³-hybridized carbons (Fsp3) is 0.632. The summed E-state index contributed by atoms with van der Waals surface area (Å²) in [4.78, 5) is 15.9. The van der Waals surface area contributed by atoms with Crippen molar-refractivity contribution >= 4 is 5.91 Å². The zero-order valence-corrected chi connectivity index (χ0v) is 15.9. The normalized spacial score (nSPS) is 20.1. The van der Waals surface area contributed by atoms with E-state index in [9.17, 15) is 9.90 Å². The standard InChI is InChI=1S/C19H29N3O5/c1-25-17-4-2-3-15(11-22-6-5-20-18(24)13-22)19(17)27-14-16(23)12-21-7-9-26-10-8-21/h2-4,16,23H,5-14H2,1H3,(H,20,24). The van der Waals surface area contributed by atoms with Crippen LogP contribution in [-0.4, -0.2) is 93.1 Å². The summed E-state index contributed by atoms with van der Waals surface area (Å²) in [5.41, 5.74) is 0.947. The smallest absolute Gasteiger partial charge is 0.234 e. The van der Waals surface area contributed by atoms with E-state index in [4.69, 9.17) is 14.2 Å². The molecule has 1 unspecified atom stereocenters. The van der Waals surface area contributed by atoms with E-state index >= 15 is 0 Å². The number of nitrogens with one attached hydrogen (secondary N) is 1. The van der Waals surface area contributed by atoms with Crippen LogP contribution in [0.25, 0.3) is 0 Å². The van der Waals surface area contributed by atoms with Gasteiger partial charge in [0.25, 0.3) is 0 Å². The third-order valence-electron chi connectivity index (χ3n) is 4.78. The molecule has 1 aromatic rings. The van der Waals surface area contributed by atoms with Crippen molar-refractivity contribution in [1.82, 2.24) is 15.1 Å². The Morgan fingerprint density at radius 3 is 2.81 bits per heavy atom. The Bertz CT molecular complexity index is 621. The molecular weight excluding hydrogens is 350 g/mol. The number of carbonyl (C=O) groups is 1. The number of amides is 1. The van der Waals surface area contributed by atoms with E-state index in [1.54, 1.807) is 7.11 Å². The van der Waals surface area contributed by atoms with Gasteiger partial charge >= 0.3 is 0 Å². The number of methoxy groups -OCH3 is 1. The molecular formula is C19H29N3O5. The molecule has 2 heterocycles. The van der Waals surface area contributed by atoms with Crippen LogP contribution in [0.15, 0.2) is 18.2 Å². The van der Waals surface area contributed by atoms with Crippen LogP contribution in [0.5, 0.6) is 11.5 Å². The molecule has 2 aliphatic heterocycles. The molecule has 2 N–H and O–H groups in total. The van der Waals surface area contributed by atoms with E-state index in [1.807, 2.05) is 18.2 Å². The number of hydrogen-bond donors (Lipinski definition) is 2. The second-order valence-electron chi connectivity index (χ2n) is 6.89. The first kappa shape index (κ1) is 19.9. The molecule has 8 nitrogen and oxygen atoms in total. The minimum atomic E-state index is -0.596. The first-order valence-corrected chi connectivity index (χ1v) is 9.41. The number of aliphatic hydroxyl groups is 1. The fourth-order valence-corrected chi connectivity index (χ4v) is 3.39. The number of nitrogens with zero attached hydrogens (tertiary/aromatic N) is 2. The molecule has 2 aliphatic rings. The summed E-state index contributed by atoms with van der Waals surface area (Å²) in [5.74, 6) is 1.30. The fourth-order valence-electron chi connectivity index (χ4n) is 3.39. The molecule has 0 aliphatic carbocycles. The summed E-state index contributed by atoms with van der Waals surface area (Å²) >= 11 is 0. The van der Waals surface area contributed by atoms with Crippen molar-refractivity contribution in [3.63, 3.8) is 0 Å². The monoisotopic (exact) mass is 379 g/mol. The average Bonchev–Trinajstić information content (AvgIpc) is 2.67. The number of carbonyl (C=O) groups excluding carboxylic acids is 1. The Hall–Kier alpha value is -1.87. The SMILES string of the molecule is COc1cccc(CN2CCNC(=O)C2)c1OCC(O)CN1CCOCC1. The molecule has 0 aromatic heterocycles. The average molecular weight is 379 g/mol. The molecule has 0 radical (unpaired) electrons. The maximum atomic E-state index is 11.6. The summed E-state index contributed by atoms with van der Waals surface area (Å²) < 4.78 is 16.8. The van der Waals surface area contributed by atoms with Crippen molar-refractivity contribution in [2.24, 2.45) is 0 Å². The van der Waals surface area contributed by atoms with Gasteiger partial charge in [0.2, 0.25) is 5.91 Å². The van der Waals surface area contributed by atoms with Gasteiger partial charge in [-0.1, -0.05) is 12.1 Å². The molecule has 2 saturated heterocycles. The second kappa shape index (κ2) is 9.89. The molecule has 0 bridgehead atoms. The molecule has 1 atom stereocenters. The van der Waals surface area contributed by atoms with Crippen LogP contribution in [0.1, 0.15) is 5.56 Å². The minimum Gasteiger partial charge on any atom is -0.493 e. The van der Waals surface area contributed by atoms with Crippen LogP contribution in [-0.2, 0) is 16.1 Å². The Labute approximate surface area is 160 Å². The van der Waals surface area contributed by atoms with E-state index < -0.39 is 6.10 Å². The quantitative estimate of drug-likeness (QED) is 0.642. The topological polar surface area (TPSA) is 83.5 Å². The highest BCUT2D eigenvalue weighted by molar-refractivity contribution is 5.78. The Morgan fingerprint density at radius 2 is 2.07 bits per heavy atom. The van der Waals surface area contributed by atoms with Crippen LogP contribution >= 0.6 is 0 Å². The predicted molar refractivity (Wildman–Crippen MR) is 100 cm³/mol. The van der Waals surface area contributed by atoms with E-state index in [0.717, 1.165) is 25.2 Å². The molecule has 150 valence electrons. The van der Waals surface area contributed by atoms with E-state index in [2.05, 4.69) is 15.1 Å². The van der Waals surface area contributed by atoms with Crippen molar-refractivity contribution in [2.75, 3.05) is 66.2 Å². The van der Waals surface area contributed by atoms with Crippen LogP contribution in [0.3, 0.4) is 0 Å². The number of morpholine rings is 1. The van der Waals surface area contributed by atoms with Crippen LogP contribution < -0.4 is 14.8 Å². The van der Waals surface area contributed by atoms with E-state index in [1.165, 1.54) is 0 Å². The molecule has 3 rings (SSSR count). The lowest BCUT2D eigenvalue weighted by Gasteiger charge is -2.29. The van der Waals surface area contributed by atoms with Gasteiger partial charge < -0.3 is 24.6 Å². The largest absolute Gasteiger partial charge is 0.493 e. The van der Waals surface area contributed by atoms with Gasteiger partial charge in [-0.05, 0) is 6.07 Å². The molecule has 2 fully saturated rings. The summed E-state index contributed by atoms with van der Waals surface area (Å²) in [6, 6.07) is 5.73. The number of rotatable bonds is 8. The number of aliphatic hydroxyl groups excluding tert-OH is 1. The first-order valence-electron chi connectivity index (χ1n) is 9.41. The third kappa shape index (κ3) is 5.80. The van der Waals surface area contributed by atoms with Crippen LogP contribution in [0.2, 0.25) is 0 Å². The molecule has 8 heteroatoms. The Balaban J connectivity index is 1.61. The lowest BCUT2D eigenvalue weighted by atomic mass is 10.1. The van der Waals surface area contributed by atoms with Gasteiger partial charge in [0.05, 0.1) is 26.9 Å². The summed E-state index contributed by atoms with van der Waals surface area (Å²) in [7, 11) is 1.60. The Kier molecular flexibility index (Phi) is 7.28. The lowest BCUT2D eigenvalue weighted by Crippen LogP contribution is -2.47. The van der Waals surface area contributed by atoms with Crippen molar-refractivity contribution < 1.29 is 24.1 Å². The molecule has 1 aromatic carbocycles. The van der Waals surface area contributed by atoms with Crippen molar-refractivity contribution in [2.45, 2.75) is 12.6 Å². The van der Waals surface area contributed by atoms with Crippen LogP contribution in [0, 0.1) is 0 Å². The van der Waals surface area contributed by atoms with Gasteiger partial charge in [0.15, 0.2) is 11.5 Å². The number of benzene rings is 1. The maximum absolute atomic E-state index is 11.6. The van der Waals surface area contributed by atoms with Gasteiger partial charge in [-0.3, -0.25) is 14.6 Å². The maximum Gasteiger partial charge on any atom is 0.234 e. The molecule has 27 heavy (non-hydrogen) atoms. The summed E-state index contributed by atoms with van der Waals surface area (Å²) in [6.45, 7) is 6.21. The van der Waals surface area contributed by atoms with E-state index in [-0.39, 0.29) is 12.5 Å². The van der Waals surface area contributed by atoms with Gasteiger partial charge in [-0.15, -0.1) is 0 Å². The van der Waals surface area contributed by atoms with Crippen LogP contribution in [0.4, 0.5) is 0 Å². The number of β-amino-alcohol motifs (C(OH)–C–C–N with tert-alkyl or cyclic N) is 1. The highest BCUT2D eigenvalue weighted by atomic mass is 16.5. The first-order chi connectivity index (χ1) is 13.2. The van der Waals surface area contributed by atoms with E-state index in [0.29, 0.717) is 50.9 Å². The lowest BCUT2D eigenvalue weighted by molar-refractivity contribution is -0.124. The summed E-state index contributed by atoms with van der Waals surface area (Å²) in [6.07, 6.45) is -0.596.